The lowest BCUT2D eigenvalue weighted by molar-refractivity contribution is -0.116. The molecule has 5 nitrogen and oxygen atoms in total. The third-order valence-corrected chi connectivity index (χ3v) is 5.40. The van der Waals surface area contributed by atoms with Gasteiger partial charge in [-0.3, -0.25) is 9.78 Å². The number of aromatic nitrogens is 2. The van der Waals surface area contributed by atoms with Crippen LogP contribution in [0.1, 0.15) is 6.92 Å². The van der Waals surface area contributed by atoms with Crippen LogP contribution in [-0.2, 0) is 4.79 Å². The predicted octanol–water partition coefficient (Wildman–Crippen LogP) is 7.05. The highest BCUT2D eigenvalue weighted by molar-refractivity contribution is 6.39. The molecule has 2 heterocycles. The molecule has 150 valence electrons. The van der Waals surface area contributed by atoms with Crippen molar-refractivity contribution in [2.24, 2.45) is 0 Å². The van der Waals surface area contributed by atoms with Crippen LogP contribution in [-0.4, -0.2) is 16.0 Å². The number of carbonyl (C=O) groups excluding carboxylic acids is 1. The lowest BCUT2D eigenvalue weighted by Crippen LogP contribution is -2.23. The van der Waals surface area contributed by atoms with E-state index in [9.17, 15) is 4.79 Å². The van der Waals surface area contributed by atoms with Crippen LogP contribution >= 0.6 is 34.8 Å². The van der Waals surface area contributed by atoms with Gasteiger partial charge in [0.05, 0.1) is 26.3 Å². The molecule has 2 aromatic heterocycles. The zero-order valence-electron chi connectivity index (χ0n) is 15.6. The number of halogens is 3. The molecule has 0 saturated heterocycles. The quantitative estimate of drug-likeness (QED) is 0.329. The van der Waals surface area contributed by atoms with E-state index in [2.05, 4.69) is 10.1 Å². The van der Waals surface area contributed by atoms with Crippen molar-refractivity contribution in [2.45, 2.75) is 6.92 Å². The third-order valence-electron chi connectivity index (χ3n) is 4.45. The van der Waals surface area contributed by atoms with Gasteiger partial charge in [-0.05, 0) is 42.0 Å². The number of pyridine rings is 1. The number of para-hydroxylation sites is 1. The Balaban J connectivity index is 2.03. The molecule has 0 atom stereocenters. The molecule has 0 aliphatic heterocycles. The Morgan fingerprint density at radius 1 is 0.867 bits per heavy atom. The molecule has 8 heteroatoms. The molecule has 0 aliphatic carbocycles. The Morgan fingerprint density at radius 2 is 1.50 bits per heavy atom. The largest absolute Gasteiger partial charge is 0.336 e. The fourth-order valence-electron chi connectivity index (χ4n) is 3.16. The van der Waals surface area contributed by atoms with Crippen LogP contribution in [0.2, 0.25) is 15.1 Å². The number of rotatable bonds is 4. The molecule has 1 amide bonds. The Labute approximate surface area is 187 Å². The van der Waals surface area contributed by atoms with Gasteiger partial charge >= 0.3 is 0 Å². The van der Waals surface area contributed by atoms with Gasteiger partial charge < -0.3 is 4.52 Å². The fraction of sp³-hybridized carbons (Fsp3) is 0.0455. The van der Waals surface area contributed by atoms with Crippen molar-refractivity contribution >= 4 is 52.3 Å². The SMILES string of the molecule is CC(=O)N(c1ccccc1Cl)c1onc(-c2c(Cl)cccc2Cl)c1-c1ccncc1. The van der Waals surface area contributed by atoms with E-state index < -0.39 is 0 Å². The first kappa shape index (κ1) is 20.4. The van der Waals surface area contributed by atoms with E-state index >= 15 is 0 Å². The summed E-state index contributed by atoms with van der Waals surface area (Å²) < 4.78 is 5.71. The standard InChI is InChI=1S/C22H14Cl3N3O2/c1-13(29)28(18-8-3-2-5-15(18)23)22-19(14-9-11-26-12-10-14)21(27-30-22)20-16(24)6-4-7-17(20)25/h2-12H,1H3. The maximum absolute atomic E-state index is 12.7. The summed E-state index contributed by atoms with van der Waals surface area (Å²) in [5.74, 6) is -0.0980. The number of anilines is 2. The van der Waals surface area contributed by atoms with Gasteiger partial charge in [-0.1, -0.05) is 58.2 Å². The second-order valence-corrected chi connectivity index (χ2v) is 7.57. The Hall–Kier alpha value is -2.86. The zero-order chi connectivity index (χ0) is 21.3. The molecule has 0 saturated carbocycles. The van der Waals surface area contributed by atoms with E-state index in [0.29, 0.717) is 37.6 Å². The summed E-state index contributed by atoms with van der Waals surface area (Å²) in [5.41, 5.74) is 2.65. The Kier molecular flexibility index (Phi) is 5.77. The van der Waals surface area contributed by atoms with Crippen molar-refractivity contribution < 1.29 is 9.32 Å². The van der Waals surface area contributed by atoms with Crippen molar-refractivity contribution in [1.29, 1.82) is 0 Å². The minimum absolute atomic E-state index is 0.202. The van der Waals surface area contributed by atoms with Crippen LogP contribution in [0, 0.1) is 0 Å². The number of nitrogens with zero attached hydrogens (tertiary/aromatic N) is 3. The van der Waals surface area contributed by atoms with Gasteiger partial charge in [0, 0.05) is 24.9 Å². The fourth-order valence-corrected chi connectivity index (χ4v) is 3.96. The van der Waals surface area contributed by atoms with Crippen LogP contribution in [0.3, 0.4) is 0 Å². The van der Waals surface area contributed by atoms with Crippen molar-refractivity contribution in [3.05, 3.63) is 82.1 Å². The van der Waals surface area contributed by atoms with E-state index in [4.69, 9.17) is 39.3 Å². The summed E-state index contributed by atoms with van der Waals surface area (Å²) in [5, 5.41) is 5.45. The van der Waals surface area contributed by atoms with E-state index in [1.54, 1.807) is 67.0 Å². The summed E-state index contributed by atoms with van der Waals surface area (Å²) >= 11 is 19.3. The first-order chi connectivity index (χ1) is 14.5. The Morgan fingerprint density at radius 3 is 2.13 bits per heavy atom. The molecule has 4 aromatic rings. The summed E-state index contributed by atoms with van der Waals surface area (Å²) in [7, 11) is 0. The maximum Gasteiger partial charge on any atom is 0.247 e. The van der Waals surface area contributed by atoms with Crippen LogP contribution in [0.5, 0.6) is 0 Å². The molecule has 0 unspecified atom stereocenters. The van der Waals surface area contributed by atoms with Gasteiger partial charge in [0.1, 0.15) is 5.69 Å². The summed E-state index contributed by atoms with van der Waals surface area (Å²) in [6.45, 7) is 1.42. The van der Waals surface area contributed by atoms with Gasteiger partial charge in [-0.2, -0.15) is 0 Å². The van der Waals surface area contributed by atoms with Crippen molar-refractivity contribution in [1.82, 2.24) is 10.1 Å². The van der Waals surface area contributed by atoms with Crippen molar-refractivity contribution in [2.75, 3.05) is 4.90 Å². The van der Waals surface area contributed by atoms with E-state index in [1.807, 2.05) is 0 Å². The minimum atomic E-state index is -0.300. The number of hydrogen-bond donors (Lipinski definition) is 0. The molecule has 0 aliphatic rings. The molecule has 0 bridgehead atoms. The average molecular weight is 459 g/mol. The first-order valence-corrected chi connectivity index (χ1v) is 10.0. The molecular weight excluding hydrogens is 445 g/mol. The smallest absolute Gasteiger partial charge is 0.247 e. The highest BCUT2D eigenvalue weighted by Crippen LogP contribution is 2.46. The lowest BCUT2D eigenvalue weighted by Gasteiger charge is -2.20. The normalized spacial score (nSPS) is 10.8. The minimum Gasteiger partial charge on any atom is -0.336 e. The molecule has 2 aromatic carbocycles. The van der Waals surface area contributed by atoms with Crippen molar-refractivity contribution in [3.63, 3.8) is 0 Å². The second kappa shape index (κ2) is 8.48. The third kappa shape index (κ3) is 3.67. The molecule has 0 radical (unpaired) electrons. The lowest BCUT2D eigenvalue weighted by atomic mass is 10.0. The molecule has 0 fully saturated rings. The van der Waals surface area contributed by atoms with E-state index in [-0.39, 0.29) is 11.8 Å². The van der Waals surface area contributed by atoms with Gasteiger partial charge in [0.2, 0.25) is 11.8 Å². The maximum atomic E-state index is 12.7. The number of hydrogen-bond acceptors (Lipinski definition) is 4. The van der Waals surface area contributed by atoms with Gasteiger partial charge in [0.25, 0.3) is 0 Å². The average Bonchev–Trinajstić information content (AvgIpc) is 3.14. The molecular formula is C22H14Cl3N3O2. The topological polar surface area (TPSA) is 59.2 Å². The van der Waals surface area contributed by atoms with Gasteiger partial charge in [0.15, 0.2) is 0 Å². The summed E-state index contributed by atoms with van der Waals surface area (Å²) in [6, 6.07) is 15.7. The summed E-state index contributed by atoms with van der Waals surface area (Å²) in [6.07, 6.45) is 3.27. The monoisotopic (exact) mass is 457 g/mol. The van der Waals surface area contributed by atoms with E-state index in [1.165, 1.54) is 11.8 Å². The number of benzene rings is 2. The van der Waals surface area contributed by atoms with Crippen molar-refractivity contribution in [3.8, 4) is 22.4 Å². The second-order valence-electron chi connectivity index (χ2n) is 6.35. The zero-order valence-corrected chi connectivity index (χ0v) is 17.9. The molecule has 0 N–H and O–H groups in total. The molecule has 4 rings (SSSR count). The molecule has 0 spiro atoms. The van der Waals surface area contributed by atoms with Gasteiger partial charge in [-0.15, -0.1) is 0 Å². The first-order valence-electron chi connectivity index (χ1n) is 8.88. The molecule has 30 heavy (non-hydrogen) atoms. The van der Waals surface area contributed by atoms with Crippen LogP contribution in [0.25, 0.3) is 22.4 Å². The Bertz CT molecular complexity index is 1210. The van der Waals surface area contributed by atoms with Crippen LogP contribution in [0.4, 0.5) is 11.6 Å². The van der Waals surface area contributed by atoms with Gasteiger partial charge in [-0.25, -0.2) is 4.90 Å². The van der Waals surface area contributed by atoms with Crippen LogP contribution < -0.4 is 4.90 Å². The number of amides is 1. The number of carbonyl (C=O) groups is 1. The highest BCUT2D eigenvalue weighted by atomic mass is 35.5. The highest BCUT2D eigenvalue weighted by Gasteiger charge is 2.30. The predicted molar refractivity (Wildman–Crippen MR) is 119 cm³/mol. The van der Waals surface area contributed by atoms with Crippen LogP contribution in [0.15, 0.2) is 71.5 Å². The van der Waals surface area contributed by atoms with E-state index in [0.717, 1.165) is 5.56 Å². The summed E-state index contributed by atoms with van der Waals surface area (Å²) in [4.78, 5) is 18.1.